The summed E-state index contributed by atoms with van der Waals surface area (Å²) in [5, 5.41) is 25.8. The Morgan fingerprint density at radius 3 is 2.95 bits per heavy atom. The Morgan fingerprint density at radius 1 is 1.53 bits per heavy atom. The smallest absolute Gasteiger partial charge is 0.293 e. The molecule has 0 aliphatic carbocycles. The predicted octanol–water partition coefficient (Wildman–Crippen LogP) is 1.05. The maximum atomic E-state index is 11.2. The number of aliphatic hydroxyl groups excluding tert-OH is 1. The Bertz CT molecular complexity index is 652. The lowest BCUT2D eigenvalue weighted by atomic mass is 10.2. The van der Waals surface area contributed by atoms with Gasteiger partial charge in [0.15, 0.2) is 0 Å². The Balaban J connectivity index is 2.14. The zero-order valence-electron chi connectivity index (χ0n) is 10.5. The van der Waals surface area contributed by atoms with Gasteiger partial charge in [-0.25, -0.2) is 0 Å². The van der Waals surface area contributed by atoms with E-state index in [4.69, 9.17) is 0 Å². The van der Waals surface area contributed by atoms with E-state index in [1.165, 1.54) is 0 Å². The van der Waals surface area contributed by atoms with Crippen LogP contribution in [0.25, 0.3) is 10.9 Å². The molecule has 1 aromatic carbocycles. The number of rotatable bonds is 2. The molecule has 0 unspecified atom stereocenters. The molecule has 2 heterocycles. The van der Waals surface area contributed by atoms with Crippen LogP contribution in [0.4, 0.5) is 11.4 Å². The number of nitro benzene ring substituents is 1. The molecule has 2 aromatic rings. The van der Waals surface area contributed by atoms with Crippen molar-refractivity contribution in [1.29, 1.82) is 0 Å². The van der Waals surface area contributed by atoms with Crippen LogP contribution in [-0.2, 0) is 7.05 Å². The quantitative estimate of drug-likeness (QED) is 0.646. The molecule has 7 heteroatoms. The normalized spacial score (nSPS) is 19.3. The van der Waals surface area contributed by atoms with Crippen LogP contribution >= 0.6 is 0 Å². The lowest BCUT2D eigenvalue weighted by Gasteiger charge is -2.17. The number of aromatic nitrogens is 2. The number of hydrogen-bond acceptors (Lipinski definition) is 5. The fourth-order valence-corrected chi connectivity index (χ4v) is 2.53. The van der Waals surface area contributed by atoms with Crippen molar-refractivity contribution in [3.05, 3.63) is 28.4 Å². The van der Waals surface area contributed by atoms with Gasteiger partial charge in [0.1, 0.15) is 5.69 Å². The third-order valence-electron chi connectivity index (χ3n) is 3.42. The summed E-state index contributed by atoms with van der Waals surface area (Å²) in [6.07, 6.45) is 1.97. The van der Waals surface area contributed by atoms with Crippen LogP contribution in [0.1, 0.15) is 6.42 Å². The number of fused-ring (bicyclic) bond motifs is 1. The molecule has 1 aromatic heterocycles. The summed E-state index contributed by atoms with van der Waals surface area (Å²) in [5.41, 5.74) is 1.33. The van der Waals surface area contributed by atoms with E-state index in [1.807, 2.05) is 4.90 Å². The standard InChI is InChI=1S/C12H14N4O3/c1-14-6-8-4-12(16(18)19)11(5-10(8)13-14)15-3-2-9(17)7-15/h4-6,9,17H,2-3,7H2,1H3/t9-/m0/s1. The Labute approximate surface area is 109 Å². The molecule has 19 heavy (non-hydrogen) atoms. The lowest BCUT2D eigenvalue weighted by Crippen LogP contribution is -2.22. The summed E-state index contributed by atoms with van der Waals surface area (Å²) >= 11 is 0. The number of aliphatic hydroxyl groups is 1. The highest BCUT2D eigenvalue weighted by atomic mass is 16.6. The predicted molar refractivity (Wildman–Crippen MR) is 70.2 cm³/mol. The van der Waals surface area contributed by atoms with Crippen molar-refractivity contribution in [2.75, 3.05) is 18.0 Å². The number of benzene rings is 1. The highest BCUT2D eigenvalue weighted by Gasteiger charge is 2.27. The first kappa shape index (κ1) is 11.9. The molecule has 3 rings (SSSR count). The maximum Gasteiger partial charge on any atom is 0.293 e. The van der Waals surface area contributed by atoms with Crippen LogP contribution in [0.2, 0.25) is 0 Å². The number of anilines is 1. The minimum Gasteiger partial charge on any atom is -0.391 e. The molecule has 1 aliphatic rings. The number of aryl methyl sites for hydroxylation is 1. The van der Waals surface area contributed by atoms with E-state index in [1.54, 1.807) is 30.1 Å². The molecular weight excluding hydrogens is 248 g/mol. The summed E-state index contributed by atoms with van der Waals surface area (Å²) < 4.78 is 1.64. The van der Waals surface area contributed by atoms with Crippen molar-refractivity contribution in [1.82, 2.24) is 9.78 Å². The first-order valence-electron chi connectivity index (χ1n) is 6.09. The van der Waals surface area contributed by atoms with E-state index in [-0.39, 0.29) is 10.6 Å². The summed E-state index contributed by atoms with van der Waals surface area (Å²) in [6.45, 7) is 1.06. The topological polar surface area (TPSA) is 84.4 Å². The van der Waals surface area contributed by atoms with Crippen LogP contribution in [0.5, 0.6) is 0 Å². The second kappa shape index (κ2) is 4.20. The van der Waals surface area contributed by atoms with Crippen molar-refractivity contribution in [2.45, 2.75) is 12.5 Å². The molecule has 7 nitrogen and oxygen atoms in total. The number of β-amino-alcohol motifs (C(OH)–C–C–N with tert-alkyl or cyclic N) is 1. The highest BCUT2D eigenvalue weighted by Crippen LogP contribution is 2.34. The van der Waals surface area contributed by atoms with Crippen molar-refractivity contribution < 1.29 is 10.0 Å². The van der Waals surface area contributed by atoms with Gasteiger partial charge < -0.3 is 10.0 Å². The largest absolute Gasteiger partial charge is 0.391 e. The first-order valence-corrected chi connectivity index (χ1v) is 6.09. The van der Waals surface area contributed by atoms with E-state index in [2.05, 4.69) is 5.10 Å². The van der Waals surface area contributed by atoms with Crippen molar-refractivity contribution in [3.63, 3.8) is 0 Å². The summed E-state index contributed by atoms with van der Waals surface area (Å²) in [4.78, 5) is 12.7. The Hall–Kier alpha value is -2.15. The van der Waals surface area contributed by atoms with Crippen LogP contribution < -0.4 is 4.90 Å². The number of hydrogen-bond donors (Lipinski definition) is 1. The van der Waals surface area contributed by atoms with Gasteiger partial charge in [0.2, 0.25) is 0 Å². The molecule has 1 fully saturated rings. The third kappa shape index (κ3) is 2.01. The average Bonchev–Trinajstić information content (AvgIpc) is 2.91. The Kier molecular flexibility index (Phi) is 2.63. The van der Waals surface area contributed by atoms with Gasteiger partial charge in [0.05, 0.1) is 16.5 Å². The summed E-state index contributed by atoms with van der Waals surface area (Å²) in [6, 6.07) is 3.27. The maximum absolute atomic E-state index is 11.2. The van der Waals surface area contributed by atoms with Gasteiger partial charge >= 0.3 is 0 Å². The van der Waals surface area contributed by atoms with Gasteiger partial charge in [-0.3, -0.25) is 14.8 Å². The van der Waals surface area contributed by atoms with Gasteiger partial charge in [-0.1, -0.05) is 0 Å². The van der Waals surface area contributed by atoms with Gasteiger partial charge in [-0.2, -0.15) is 5.10 Å². The molecule has 0 radical (unpaired) electrons. The van der Waals surface area contributed by atoms with Crippen molar-refractivity contribution in [3.8, 4) is 0 Å². The number of nitro groups is 1. The van der Waals surface area contributed by atoms with Gasteiger partial charge in [-0.15, -0.1) is 0 Å². The molecule has 0 saturated carbocycles. The third-order valence-corrected chi connectivity index (χ3v) is 3.42. The van der Waals surface area contributed by atoms with Gasteiger partial charge in [0, 0.05) is 37.8 Å². The molecule has 0 spiro atoms. The summed E-state index contributed by atoms with van der Waals surface area (Å²) in [5.74, 6) is 0. The molecule has 1 N–H and O–H groups in total. The SMILES string of the molecule is Cn1cc2cc([N+](=O)[O-])c(N3CC[C@H](O)C3)cc2n1. The van der Waals surface area contributed by atoms with Crippen LogP contribution in [-0.4, -0.2) is 39.0 Å². The van der Waals surface area contributed by atoms with Crippen molar-refractivity contribution >= 4 is 22.3 Å². The molecule has 100 valence electrons. The second-order valence-corrected chi connectivity index (χ2v) is 4.85. The van der Waals surface area contributed by atoms with Crippen molar-refractivity contribution in [2.24, 2.45) is 7.05 Å². The van der Waals surface area contributed by atoms with E-state index >= 15 is 0 Å². The van der Waals surface area contributed by atoms with E-state index < -0.39 is 6.10 Å². The minimum atomic E-state index is -0.418. The highest BCUT2D eigenvalue weighted by molar-refractivity contribution is 5.87. The average molecular weight is 262 g/mol. The lowest BCUT2D eigenvalue weighted by molar-refractivity contribution is -0.384. The zero-order valence-corrected chi connectivity index (χ0v) is 10.5. The molecule has 1 atom stereocenters. The number of nitrogens with zero attached hydrogens (tertiary/aromatic N) is 4. The van der Waals surface area contributed by atoms with E-state index in [9.17, 15) is 15.2 Å². The molecular formula is C12H14N4O3. The molecule has 1 aliphatic heterocycles. The van der Waals surface area contributed by atoms with Crippen LogP contribution in [0.3, 0.4) is 0 Å². The summed E-state index contributed by atoms with van der Waals surface area (Å²) in [7, 11) is 1.78. The fourth-order valence-electron chi connectivity index (χ4n) is 2.53. The van der Waals surface area contributed by atoms with Crippen LogP contribution in [0, 0.1) is 10.1 Å². The van der Waals surface area contributed by atoms with E-state index in [0.717, 1.165) is 10.9 Å². The molecule has 0 amide bonds. The van der Waals surface area contributed by atoms with Crippen LogP contribution in [0.15, 0.2) is 18.3 Å². The monoisotopic (exact) mass is 262 g/mol. The second-order valence-electron chi connectivity index (χ2n) is 4.85. The molecule has 1 saturated heterocycles. The Morgan fingerprint density at radius 2 is 2.32 bits per heavy atom. The first-order chi connectivity index (χ1) is 9.04. The minimum absolute atomic E-state index is 0.0644. The molecule has 0 bridgehead atoms. The zero-order chi connectivity index (χ0) is 13.6. The van der Waals surface area contributed by atoms with Gasteiger partial charge in [0.25, 0.3) is 5.69 Å². The van der Waals surface area contributed by atoms with Gasteiger partial charge in [-0.05, 0) is 12.5 Å². The van der Waals surface area contributed by atoms with E-state index in [0.29, 0.717) is 25.2 Å². The fraction of sp³-hybridized carbons (Fsp3) is 0.417.